The van der Waals surface area contributed by atoms with E-state index < -0.39 is 0 Å². The van der Waals surface area contributed by atoms with Crippen LogP contribution in [0.3, 0.4) is 0 Å². The Bertz CT molecular complexity index is 934. The van der Waals surface area contributed by atoms with Gasteiger partial charge < -0.3 is 9.80 Å². The van der Waals surface area contributed by atoms with E-state index in [1.165, 1.54) is 17.6 Å². The van der Waals surface area contributed by atoms with Crippen LogP contribution in [0, 0.1) is 0 Å². The van der Waals surface area contributed by atoms with E-state index in [9.17, 15) is 4.79 Å². The van der Waals surface area contributed by atoms with Crippen LogP contribution >= 0.6 is 0 Å². The molecule has 7 heteroatoms. The summed E-state index contributed by atoms with van der Waals surface area (Å²) in [7, 11) is 2.01. The summed E-state index contributed by atoms with van der Waals surface area (Å²) < 4.78 is 1.73. The van der Waals surface area contributed by atoms with Gasteiger partial charge >= 0.3 is 0 Å². The van der Waals surface area contributed by atoms with Gasteiger partial charge in [0.1, 0.15) is 12.7 Å². The molecular weight excluding hydrogens is 376 g/mol. The molecule has 1 aliphatic heterocycles. The Balaban J connectivity index is 1.30. The van der Waals surface area contributed by atoms with Crippen LogP contribution in [0.4, 0.5) is 5.69 Å². The summed E-state index contributed by atoms with van der Waals surface area (Å²) in [5, 5.41) is 4.15. The van der Waals surface area contributed by atoms with Gasteiger partial charge in [-0.25, -0.2) is 9.67 Å². The van der Waals surface area contributed by atoms with Gasteiger partial charge in [0, 0.05) is 37.9 Å². The van der Waals surface area contributed by atoms with Crippen molar-refractivity contribution in [2.75, 3.05) is 44.7 Å². The van der Waals surface area contributed by atoms with Crippen molar-refractivity contribution in [1.82, 2.24) is 24.6 Å². The largest absolute Gasteiger partial charge is 0.368 e. The number of benzene rings is 2. The summed E-state index contributed by atoms with van der Waals surface area (Å²) in [5.41, 5.74) is 3.37. The number of amides is 1. The maximum atomic E-state index is 12.8. The summed E-state index contributed by atoms with van der Waals surface area (Å²) in [6.07, 6.45) is 3.20. The SMILES string of the molecule is CC(c1ccc(-n2cncn2)cc1)N(C)CC(=O)N1CCN(c2ccccc2)CC1. The molecule has 1 unspecified atom stereocenters. The van der Waals surface area contributed by atoms with Crippen LogP contribution in [0.2, 0.25) is 0 Å². The minimum Gasteiger partial charge on any atom is -0.368 e. The summed E-state index contributed by atoms with van der Waals surface area (Å²) in [4.78, 5) is 23.3. The Kier molecular flexibility index (Phi) is 6.09. The molecular formula is C23H28N6O. The Labute approximate surface area is 177 Å². The zero-order chi connectivity index (χ0) is 20.9. The normalized spacial score (nSPS) is 15.4. The van der Waals surface area contributed by atoms with Gasteiger partial charge in [-0.05, 0) is 43.8 Å². The predicted octanol–water partition coefficient (Wildman–Crippen LogP) is 2.61. The number of anilines is 1. The number of nitrogens with zero attached hydrogens (tertiary/aromatic N) is 6. The minimum atomic E-state index is 0.143. The highest BCUT2D eigenvalue weighted by Crippen LogP contribution is 2.21. The van der Waals surface area contributed by atoms with E-state index in [0.717, 1.165) is 31.9 Å². The molecule has 2 aromatic carbocycles. The van der Waals surface area contributed by atoms with Crippen molar-refractivity contribution in [3.63, 3.8) is 0 Å². The summed E-state index contributed by atoms with van der Waals surface area (Å²) >= 11 is 0. The second kappa shape index (κ2) is 9.09. The lowest BCUT2D eigenvalue weighted by Gasteiger charge is -2.37. The van der Waals surface area contributed by atoms with Crippen LogP contribution in [-0.4, -0.2) is 70.2 Å². The fourth-order valence-electron chi connectivity index (χ4n) is 3.80. The molecule has 1 aromatic heterocycles. The molecule has 0 aliphatic carbocycles. The zero-order valence-electron chi connectivity index (χ0n) is 17.6. The number of para-hydroxylation sites is 1. The average molecular weight is 405 g/mol. The van der Waals surface area contributed by atoms with E-state index >= 15 is 0 Å². The molecule has 1 aliphatic rings. The topological polar surface area (TPSA) is 57.5 Å². The van der Waals surface area contributed by atoms with Gasteiger partial charge in [-0.15, -0.1) is 0 Å². The second-order valence-corrected chi connectivity index (χ2v) is 7.73. The number of carbonyl (C=O) groups excluding carboxylic acids is 1. The highest BCUT2D eigenvalue weighted by atomic mass is 16.2. The molecule has 0 radical (unpaired) electrons. The van der Waals surface area contributed by atoms with Crippen LogP contribution in [0.15, 0.2) is 67.3 Å². The van der Waals surface area contributed by atoms with E-state index in [2.05, 4.69) is 63.2 Å². The number of likely N-dealkylation sites (N-methyl/N-ethyl adjacent to an activating group) is 1. The molecule has 1 atom stereocenters. The number of hydrogen-bond acceptors (Lipinski definition) is 5. The molecule has 0 N–H and O–H groups in total. The van der Waals surface area contributed by atoms with E-state index in [1.807, 2.05) is 30.1 Å². The van der Waals surface area contributed by atoms with Crippen LogP contribution in [-0.2, 0) is 4.79 Å². The molecule has 2 heterocycles. The van der Waals surface area contributed by atoms with Gasteiger partial charge in [0.2, 0.25) is 5.91 Å². The molecule has 1 fully saturated rings. The number of aromatic nitrogens is 3. The first-order chi connectivity index (χ1) is 14.6. The van der Waals surface area contributed by atoms with Gasteiger partial charge in [0.15, 0.2) is 0 Å². The quantitative estimate of drug-likeness (QED) is 0.632. The lowest BCUT2D eigenvalue weighted by molar-refractivity contribution is -0.132. The van der Waals surface area contributed by atoms with E-state index in [-0.39, 0.29) is 11.9 Å². The molecule has 7 nitrogen and oxygen atoms in total. The molecule has 0 spiro atoms. The number of rotatable bonds is 6. The van der Waals surface area contributed by atoms with Crippen molar-refractivity contribution in [1.29, 1.82) is 0 Å². The van der Waals surface area contributed by atoms with Gasteiger partial charge in [-0.2, -0.15) is 5.10 Å². The van der Waals surface area contributed by atoms with Crippen molar-refractivity contribution in [3.8, 4) is 5.69 Å². The van der Waals surface area contributed by atoms with Gasteiger partial charge in [-0.1, -0.05) is 30.3 Å². The molecule has 1 amide bonds. The molecule has 0 saturated carbocycles. The molecule has 0 bridgehead atoms. The first-order valence-corrected chi connectivity index (χ1v) is 10.3. The third-order valence-corrected chi connectivity index (χ3v) is 5.86. The van der Waals surface area contributed by atoms with Crippen molar-refractivity contribution in [2.24, 2.45) is 0 Å². The number of hydrogen-bond donors (Lipinski definition) is 0. The Morgan fingerprint density at radius 2 is 1.70 bits per heavy atom. The summed E-state index contributed by atoms with van der Waals surface area (Å²) in [5.74, 6) is 0.191. The van der Waals surface area contributed by atoms with Gasteiger partial charge in [-0.3, -0.25) is 9.69 Å². The molecule has 4 rings (SSSR count). The fraction of sp³-hybridized carbons (Fsp3) is 0.348. The Morgan fingerprint density at radius 3 is 2.33 bits per heavy atom. The molecule has 30 heavy (non-hydrogen) atoms. The lowest BCUT2D eigenvalue weighted by atomic mass is 10.1. The maximum absolute atomic E-state index is 12.8. The third-order valence-electron chi connectivity index (χ3n) is 5.86. The van der Waals surface area contributed by atoms with Crippen LogP contribution in [0.25, 0.3) is 5.69 Å². The van der Waals surface area contributed by atoms with Gasteiger partial charge in [0.25, 0.3) is 0 Å². The van der Waals surface area contributed by atoms with E-state index in [1.54, 1.807) is 11.0 Å². The Hall–Kier alpha value is -3.19. The van der Waals surface area contributed by atoms with Crippen LogP contribution < -0.4 is 4.90 Å². The van der Waals surface area contributed by atoms with Crippen molar-refractivity contribution in [2.45, 2.75) is 13.0 Å². The number of piperazine rings is 1. The fourth-order valence-corrected chi connectivity index (χ4v) is 3.80. The monoisotopic (exact) mass is 404 g/mol. The van der Waals surface area contributed by atoms with Crippen LogP contribution in [0.5, 0.6) is 0 Å². The van der Waals surface area contributed by atoms with Crippen molar-refractivity contribution in [3.05, 3.63) is 72.8 Å². The maximum Gasteiger partial charge on any atom is 0.236 e. The smallest absolute Gasteiger partial charge is 0.236 e. The van der Waals surface area contributed by atoms with Gasteiger partial charge in [0.05, 0.1) is 12.2 Å². The predicted molar refractivity (Wildman–Crippen MR) is 118 cm³/mol. The third kappa shape index (κ3) is 4.52. The number of carbonyl (C=O) groups is 1. The standard InChI is InChI=1S/C23H28N6O/c1-19(20-8-10-22(11-9-20)29-18-24-17-25-29)26(2)16-23(30)28-14-12-27(13-15-28)21-6-4-3-5-7-21/h3-11,17-19H,12-16H2,1-2H3. The van der Waals surface area contributed by atoms with E-state index in [0.29, 0.717) is 6.54 Å². The molecule has 156 valence electrons. The van der Waals surface area contributed by atoms with Crippen molar-refractivity contribution >= 4 is 11.6 Å². The second-order valence-electron chi connectivity index (χ2n) is 7.73. The highest BCUT2D eigenvalue weighted by molar-refractivity contribution is 5.78. The van der Waals surface area contributed by atoms with Crippen molar-refractivity contribution < 1.29 is 4.79 Å². The molecule has 1 saturated heterocycles. The molecule has 3 aromatic rings. The van der Waals surface area contributed by atoms with E-state index in [4.69, 9.17) is 0 Å². The zero-order valence-corrected chi connectivity index (χ0v) is 17.6. The minimum absolute atomic E-state index is 0.143. The Morgan fingerprint density at radius 1 is 1.00 bits per heavy atom. The summed E-state index contributed by atoms with van der Waals surface area (Å²) in [6.45, 7) is 5.82. The van der Waals surface area contributed by atoms with Crippen LogP contribution in [0.1, 0.15) is 18.5 Å². The first kappa shape index (κ1) is 20.1. The first-order valence-electron chi connectivity index (χ1n) is 10.3. The lowest BCUT2D eigenvalue weighted by Crippen LogP contribution is -2.51. The highest BCUT2D eigenvalue weighted by Gasteiger charge is 2.23. The summed E-state index contributed by atoms with van der Waals surface area (Å²) in [6, 6.07) is 18.8. The average Bonchev–Trinajstić information content (AvgIpc) is 3.34.